The van der Waals surface area contributed by atoms with Gasteiger partial charge in [-0.25, -0.2) is 0 Å². The Morgan fingerprint density at radius 2 is 2.26 bits per heavy atom. The predicted molar refractivity (Wildman–Crippen MR) is 90.7 cm³/mol. The maximum Gasteiger partial charge on any atom is 0.226 e. The number of rotatable bonds is 4. The van der Waals surface area contributed by atoms with E-state index in [1.165, 1.54) is 10.4 Å². The molecule has 0 radical (unpaired) electrons. The smallest absolute Gasteiger partial charge is 0.226 e. The van der Waals surface area contributed by atoms with Crippen LogP contribution in [0.25, 0.3) is 0 Å². The zero-order valence-electron chi connectivity index (χ0n) is 13.6. The van der Waals surface area contributed by atoms with Crippen LogP contribution in [-0.4, -0.2) is 43.7 Å². The van der Waals surface area contributed by atoms with E-state index in [0.717, 1.165) is 57.1 Å². The summed E-state index contributed by atoms with van der Waals surface area (Å²) in [6.07, 6.45) is 3.57. The van der Waals surface area contributed by atoms with Crippen LogP contribution in [0.2, 0.25) is 0 Å². The Morgan fingerprint density at radius 1 is 1.48 bits per heavy atom. The van der Waals surface area contributed by atoms with Gasteiger partial charge in [-0.3, -0.25) is 9.69 Å². The van der Waals surface area contributed by atoms with E-state index in [9.17, 15) is 10.1 Å². The average molecular weight is 333 g/mol. The van der Waals surface area contributed by atoms with E-state index in [2.05, 4.69) is 23.2 Å². The number of anilines is 1. The summed E-state index contributed by atoms with van der Waals surface area (Å²) in [4.78, 5) is 15.8. The number of nitrogens with zero attached hydrogens (tertiary/aromatic N) is 2. The van der Waals surface area contributed by atoms with E-state index >= 15 is 0 Å². The molecule has 1 fully saturated rings. The number of nitrogens with one attached hydrogen (secondary N) is 1. The molecule has 1 aromatic rings. The number of hydrogen-bond donors (Lipinski definition) is 1. The van der Waals surface area contributed by atoms with Crippen molar-refractivity contribution in [3.8, 4) is 6.07 Å². The highest BCUT2D eigenvalue weighted by molar-refractivity contribution is 7.16. The lowest BCUT2D eigenvalue weighted by Gasteiger charge is -2.26. The van der Waals surface area contributed by atoms with Crippen LogP contribution in [0.3, 0.4) is 0 Å². The molecule has 1 aliphatic heterocycles. The van der Waals surface area contributed by atoms with Gasteiger partial charge in [0.05, 0.1) is 18.8 Å². The van der Waals surface area contributed by atoms with Crippen LogP contribution in [-0.2, 0) is 22.4 Å². The van der Waals surface area contributed by atoms with Crippen molar-refractivity contribution in [3.63, 3.8) is 0 Å². The highest BCUT2D eigenvalue weighted by Gasteiger charge is 2.24. The molecule has 6 heteroatoms. The molecule has 23 heavy (non-hydrogen) atoms. The Labute approximate surface area is 141 Å². The fourth-order valence-corrected chi connectivity index (χ4v) is 4.61. The monoisotopic (exact) mass is 333 g/mol. The molecule has 1 atom stereocenters. The molecule has 1 aliphatic carbocycles. The molecule has 2 aliphatic rings. The Bertz CT molecular complexity index is 614. The molecule has 1 saturated heterocycles. The van der Waals surface area contributed by atoms with Crippen molar-refractivity contribution in [2.45, 2.75) is 32.6 Å². The van der Waals surface area contributed by atoms with Crippen LogP contribution in [0.15, 0.2) is 0 Å². The number of carbonyl (C=O) groups is 1. The van der Waals surface area contributed by atoms with Crippen molar-refractivity contribution in [3.05, 3.63) is 16.0 Å². The van der Waals surface area contributed by atoms with E-state index < -0.39 is 0 Å². The van der Waals surface area contributed by atoms with Gasteiger partial charge in [0, 0.05) is 30.9 Å². The third-order valence-electron chi connectivity index (χ3n) is 4.64. The quantitative estimate of drug-likeness (QED) is 0.919. The molecule has 1 amide bonds. The van der Waals surface area contributed by atoms with Gasteiger partial charge in [-0.1, -0.05) is 6.92 Å². The minimum Gasteiger partial charge on any atom is -0.379 e. The van der Waals surface area contributed by atoms with E-state index in [1.807, 2.05) is 0 Å². The number of thiophene rings is 1. The molecule has 0 saturated carbocycles. The van der Waals surface area contributed by atoms with Gasteiger partial charge >= 0.3 is 0 Å². The van der Waals surface area contributed by atoms with Crippen molar-refractivity contribution in [1.29, 1.82) is 5.26 Å². The summed E-state index contributed by atoms with van der Waals surface area (Å²) >= 11 is 1.59. The Hall–Kier alpha value is -1.42. The van der Waals surface area contributed by atoms with Crippen LogP contribution in [0.5, 0.6) is 0 Å². The first-order chi connectivity index (χ1) is 11.2. The van der Waals surface area contributed by atoms with E-state index in [-0.39, 0.29) is 5.91 Å². The number of hydrogen-bond acceptors (Lipinski definition) is 5. The summed E-state index contributed by atoms with van der Waals surface area (Å²) in [7, 11) is 0. The first kappa shape index (κ1) is 16.4. The van der Waals surface area contributed by atoms with Crippen LogP contribution < -0.4 is 5.32 Å². The van der Waals surface area contributed by atoms with Gasteiger partial charge < -0.3 is 10.1 Å². The zero-order chi connectivity index (χ0) is 16.2. The third-order valence-corrected chi connectivity index (χ3v) is 5.81. The average Bonchev–Trinajstić information content (AvgIpc) is 2.89. The SMILES string of the molecule is CC1CCc2c(sc(NC(=O)CCN3CCOCC3)c2C#N)C1. The second kappa shape index (κ2) is 7.43. The predicted octanol–water partition coefficient (Wildman–Crippen LogP) is 2.41. The number of amides is 1. The number of ether oxygens (including phenoxy) is 1. The summed E-state index contributed by atoms with van der Waals surface area (Å²) in [5.41, 5.74) is 1.86. The highest BCUT2D eigenvalue weighted by Crippen LogP contribution is 2.39. The fraction of sp³-hybridized carbons (Fsp3) is 0.647. The Morgan fingerprint density at radius 3 is 3.00 bits per heavy atom. The van der Waals surface area contributed by atoms with E-state index in [0.29, 0.717) is 17.9 Å². The normalized spacial score (nSPS) is 21.5. The van der Waals surface area contributed by atoms with Gasteiger partial charge in [0.1, 0.15) is 11.1 Å². The number of fused-ring (bicyclic) bond motifs is 1. The number of carbonyl (C=O) groups excluding carboxylic acids is 1. The van der Waals surface area contributed by atoms with Crippen molar-refractivity contribution in [1.82, 2.24) is 4.90 Å². The number of nitriles is 1. The van der Waals surface area contributed by atoms with Gasteiger partial charge in [-0.2, -0.15) is 5.26 Å². The fourth-order valence-electron chi connectivity index (χ4n) is 3.23. The second-order valence-corrected chi connectivity index (χ2v) is 7.53. The van der Waals surface area contributed by atoms with Crippen molar-refractivity contribution in [2.75, 3.05) is 38.2 Å². The molecule has 2 heterocycles. The summed E-state index contributed by atoms with van der Waals surface area (Å²) < 4.78 is 5.31. The lowest BCUT2D eigenvalue weighted by Crippen LogP contribution is -2.38. The standard InChI is InChI=1S/C17H23N3O2S/c1-12-2-3-13-14(11-18)17(23-15(13)10-12)19-16(21)4-5-20-6-8-22-9-7-20/h12H,2-10H2,1H3,(H,19,21). The van der Waals surface area contributed by atoms with Crippen LogP contribution in [0.4, 0.5) is 5.00 Å². The molecule has 1 unspecified atom stereocenters. The minimum absolute atomic E-state index is 0.000336. The lowest BCUT2D eigenvalue weighted by molar-refractivity contribution is -0.116. The van der Waals surface area contributed by atoms with Crippen molar-refractivity contribution < 1.29 is 9.53 Å². The first-order valence-electron chi connectivity index (χ1n) is 8.32. The molecule has 0 aromatic carbocycles. The molecule has 0 spiro atoms. The molecule has 0 bridgehead atoms. The van der Waals surface area contributed by atoms with Crippen molar-refractivity contribution in [2.24, 2.45) is 5.92 Å². The van der Waals surface area contributed by atoms with Gasteiger partial charge in [0.25, 0.3) is 0 Å². The number of morpholine rings is 1. The topological polar surface area (TPSA) is 65.4 Å². The Kier molecular flexibility index (Phi) is 5.31. The summed E-state index contributed by atoms with van der Waals surface area (Å²) in [5.74, 6) is 0.664. The maximum atomic E-state index is 12.2. The summed E-state index contributed by atoms with van der Waals surface area (Å²) in [6, 6.07) is 2.30. The lowest BCUT2D eigenvalue weighted by atomic mass is 9.89. The first-order valence-corrected chi connectivity index (χ1v) is 9.13. The molecular weight excluding hydrogens is 310 g/mol. The Balaban J connectivity index is 1.61. The molecule has 1 N–H and O–H groups in total. The summed E-state index contributed by atoms with van der Waals surface area (Å²) in [5, 5.41) is 13.2. The van der Waals surface area contributed by atoms with Gasteiger partial charge in [0.15, 0.2) is 0 Å². The van der Waals surface area contributed by atoms with E-state index in [4.69, 9.17) is 4.74 Å². The van der Waals surface area contributed by atoms with Crippen LogP contribution >= 0.6 is 11.3 Å². The van der Waals surface area contributed by atoms with Gasteiger partial charge in [0.2, 0.25) is 5.91 Å². The molecule has 5 nitrogen and oxygen atoms in total. The van der Waals surface area contributed by atoms with Crippen LogP contribution in [0, 0.1) is 17.2 Å². The molecule has 1 aromatic heterocycles. The second-order valence-electron chi connectivity index (χ2n) is 6.42. The van der Waals surface area contributed by atoms with Gasteiger partial charge in [-0.05, 0) is 30.7 Å². The minimum atomic E-state index is -0.000336. The molecule has 3 rings (SSSR count). The maximum absolute atomic E-state index is 12.2. The zero-order valence-corrected chi connectivity index (χ0v) is 14.4. The summed E-state index contributed by atoms with van der Waals surface area (Å²) in [6.45, 7) is 6.27. The highest BCUT2D eigenvalue weighted by atomic mass is 32.1. The molecular formula is C17H23N3O2S. The van der Waals surface area contributed by atoms with Crippen molar-refractivity contribution >= 4 is 22.2 Å². The molecule has 124 valence electrons. The largest absolute Gasteiger partial charge is 0.379 e. The third kappa shape index (κ3) is 3.92. The van der Waals surface area contributed by atoms with Gasteiger partial charge in [-0.15, -0.1) is 11.3 Å². The van der Waals surface area contributed by atoms with Crippen LogP contribution in [0.1, 0.15) is 35.8 Å². The van der Waals surface area contributed by atoms with E-state index in [1.54, 1.807) is 11.3 Å².